The molecule has 2 aliphatic heterocycles. The van der Waals surface area contributed by atoms with Crippen LogP contribution in [0.25, 0.3) is 22.2 Å². The molecule has 224 valence electrons. The van der Waals surface area contributed by atoms with Crippen LogP contribution >= 0.6 is 0 Å². The lowest BCUT2D eigenvalue weighted by atomic mass is 9.81. The van der Waals surface area contributed by atoms with Crippen molar-refractivity contribution in [2.45, 2.75) is 63.6 Å². The molecule has 2 fully saturated rings. The number of rotatable bonds is 8. The molecule has 1 saturated heterocycles. The number of hydrogen-bond acceptors (Lipinski definition) is 4. The van der Waals surface area contributed by atoms with Crippen molar-refractivity contribution >= 4 is 16.9 Å². The second kappa shape index (κ2) is 11.8. The van der Waals surface area contributed by atoms with E-state index in [1.54, 1.807) is 13.2 Å². The number of methoxy groups -OCH3 is 1. The Morgan fingerprint density at radius 3 is 2.58 bits per heavy atom. The van der Waals surface area contributed by atoms with Crippen LogP contribution in [0.1, 0.15) is 77.5 Å². The minimum Gasteiger partial charge on any atom is -0.497 e. The molecule has 1 N–H and O–H groups in total. The molecule has 6 heteroatoms. The number of carboxylic acids is 1. The Kier molecular flexibility index (Phi) is 7.74. The molecular formula is C37H43N3O3. The maximum Gasteiger partial charge on any atom is 0.335 e. The van der Waals surface area contributed by atoms with Gasteiger partial charge in [-0.2, -0.15) is 0 Å². The minimum atomic E-state index is -0.861. The first-order valence-corrected chi connectivity index (χ1v) is 16.1. The number of carbonyl (C=O) groups is 1. The molecule has 3 heterocycles. The van der Waals surface area contributed by atoms with Crippen LogP contribution in [-0.2, 0) is 13.1 Å². The van der Waals surface area contributed by atoms with Crippen LogP contribution in [0.4, 0.5) is 0 Å². The van der Waals surface area contributed by atoms with Gasteiger partial charge in [0.2, 0.25) is 0 Å². The molecule has 6 nitrogen and oxygen atoms in total. The maximum absolute atomic E-state index is 12.1. The van der Waals surface area contributed by atoms with E-state index in [9.17, 15) is 9.90 Å². The molecule has 3 aromatic carbocycles. The number of aromatic nitrogens is 1. The number of fused-ring (bicyclic) bond motifs is 7. The molecule has 3 aliphatic rings. The molecule has 4 aromatic rings. The molecule has 0 radical (unpaired) electrons. The minimum absolute atomic E-state index is 0.298. The normalized spacial score (nSPS) is 20.5. The number of nitrogens with zero attached hydrogens (tertiary/aromatic N) is 3. The number of hydrogen-bond donors (Lipinski definition) is 1. The highest BCUT2D eigenvalue weighted by molar-refractivity contribution is 5.98. The Hall–Kier alpha value is -3.61. The van der Waals surface area contributed by atoms with Crippen LogP contribution in [0, 0.1) is 5.92 Å². The number of aromatic carboxylic acids is 1. The summed E-state index contributed by atoms with van der Waals surface area (Å²) in [5.74, 6) is 0.982. The summed E-state index contributed by atoms with van der Waals surface area (Å²) in [5.41, 5.74) is 8.21. The molecule has 0 unspecified atom stereocenters. The SMILES string of the molecule is COc1ccc2c(c1)[C@@H]1[C@H](CCN1CCN(C)Cc1ccccc1)Cn1c-2c(C2CCCCC2)c2ccc(C(=O)O)cc21. The van der Waals surface area contributed by atoms with Gasteiger partial charge in [-0.1, -0.05) is 55.7 Å². The summed E-state index contributed by atoms with van der Waals surface area (Å²) in [6.07, 6.45) is 7.35. The zero-order chi connectivity index (χ0) is 29.5. The van der Waals surface area contributed by atoms with E-state index in [1.807, 2.05) is 6.07 Å². The molecule has 1 aromatic heterocycles. The van der Waals surface area contributed by atoms with Gasteiger partial charge in [-0.25, -0.2) is 4.79 Å². The molecule has 0 amide bonds. The van der Waals surface area contributed by atoms with Gasteiger partial charge < -0.3 is 19.3 Å². The predicted octanol–water partition coefficient (Wildman–Crippen LogP) is 7.57. The van der Waals surface area contributed by atoms with E-state index >= 15 is 0 Å². The van der Waals surface area contributed by atoms with E-state index in [-0.39, 0.29) is 0 Å². The predicted molar refractivity (Wildman–Crippen MR) is 172 cm³/mol. The van der Waals surface area contributed by atoms with Crippen molar-refractivity contribution in [2.24, 2.45) is 5.92 Å². The highest BCUT2D eigenvalue weighted by Crippen LogP contribution is 2.52. The first-order chi connectivity index (χ1) is 21.0. The Bertz CT molecular complexity index is 1620. The number of likely N-dealkylation sites (N-methyl/N-ethyl adjacent to an activating group) is 1. The van der Waals surface area contributed by atoms with Gasteiger partial charge in [0.05, 0.1) is 18.4 Å². The van der Waals surface area contributed by atoms with E-state index in [0.29, 0.717) is 23.4 Å². The monoisotopic (exact) mass is 577 g/mol. The second-order valence-corrected chi connectivity index (χ2v) is 13.0. The summed E-state index contributed by atoms with van der Waals surface area (Å²) < 4.78 is 8.31. The third-order valence-electron chi connectivity index (χ3n) is 10.3. The third-order valence-corrected chi connectivity index (χ3v) is 10.3. The summed E-state index contributed by atoms with van der Waals surface area (Å²) in [4.78, 5) is 17.2. The zero-order valence-corrected chi connectivity index (χ0v) is 25.5. The van der Waals surface area contributed by atoms with Gasteiger partial charge in [0.15, 0.2) is 0 Å². The van der Waals surface area contributed by atoms with Crippen molar-refractivity contribution in [2.75, 3.05) is 33.8 Å². The van der Waals surface area contributed by atoms with Crippen molar-refractivity contribution in [1.29, 1.82) is 0 Å². The van der Waals surface area contributed by atoms with E-state index < -0.39 is 5.97 Å². The van der Waals surface area contributed by atoms with Crippen molar-refractivity contribution in [1.82, 2.24) is 14.4 Å². The van der Waals surface area contributed by atoms with Crippen LogP contribution in [-0.4, -0.2) is 59.2 Å². The Morgan fingerprint density at radius 2 is 1.81 bits per heavy atom. The lowest BCUT2D eigenvalue weighted by Crippen LogP contribution is -2.34. The number of ether oxygens (including phenoxy) is 1. The van der Waals surface area contributed by atoms with Crippen LogP contribution < -0.4 is 4.74 Å². The first-order valence-electron chi connectivity index (χ1n) is 16.1. The highest BCUT2D eigenvalue weighted by Gasteiger charge is 2.41. The summed E-state index contributed by atoms with van der Waals surface area (Å²) in [6, 6.07) is 23.5. The van der Waals surface area contributed by atoms with Crippen LogP contribution in [0.15, 0.2) is 66.7 Å². The van der Waals surface area contributed by atoms with E-state index in [0.717, 1.165) is 50.4 Å². The molecule has 43 heavy (non-hydrogen) atoms. The molecule has 1 saturated carbocycles. The lowest BCUT2D eigenvalue weighted by Gasteiger charge is -2.30. The van der Waals surface area contributed by atoms with Gasteiger partial charge in [0.1, 0.15) is 5.75 Å². The quantitative estimate of drug-likeness (QED) is 0.234. The molecule has 2 atom stereocenters. The number of carboxylic acid groups (broad SMARTS) is 1. The smallest absolute Gasteiger partial charge is 0.335 e. The van der Waals surface area contributed by atoms with Crippen LogP contribution in [0.5, 0.6) is 5.75 Å². The van der Waals surface area contributed by atoms with Gasteiger partial charge in [-0.05, 0) is 91.7 Å². The lowest BCUT2D eigenvalue weighted by molar-refractivity contribution is 0.0697. The average molecular weight is 578 g/mol. The largest absolute Gasteiger partial charge is 0.497 e. The van der Waals surface area contributed by atoms with Crippen molar-refractivity contribution in [3.8, 4) is 17.0 Å². The summed E-state index contributed by atoms with van der Waals surface area (Å²) >= 11 is 0. The zero-order valence-electron chi connectivity index (χ0n) is 25.5. The fraction of sp³-hybridized carbons (Fsp3) is 0.432. The van der Waals surface area contributed by atoms with E-state index in [2.05, 4.69) is 76.0 Å². The fourth-order valence-electron chi connectivity index (χ4n) is 8.25. The second-order valence-electron chi connectivity index (χ2n) is 13.0. The summed E-state index contributed by atoms with van der Waals surface area (Å²) in [7, 11) is 3.98. The Balaban J connectivity index is 1.31. The highest BCUT2D eigenvalue weighted by atomic mass is 16.5. The van der Waals surface area contributed by atoms with E-state index in [4.69, 9.17) is 4.74 Å². The topological polar surface area (TPSA) is 57.9 Å². The van der Waals surface area contributed by atoms with Crippen molar-refractivity contribution in [3.05, 3.63) is 89.0 Å². The number of benzene rings is 3. The van der Waals surface area contributed by atoms with Gasteiger partial charge in [-0.3, -0.25) is 4.90 Å². The summed E-state index contributed by atoms with van der Waals surface area (Å²) in [6.45, 7) is 4.92. The van der Waals surface area contributed by atoms with Crippen molar-refractivity contribution < 1.29 is 14.6 Å². The maximum atomic E-state index is 12.1. The Morgan fingerprint density at radius 1 is 1.00 bits per heavy atom. The van der Waals surface area contributed by atoms with E-state index in [1.165, 1.54) is 65.4 Å². The summed E-state index contributed by atoms with van der Waals surface area (Å²) in [5, 5.41) is 11.2. The fourth-order valence-corrected chi connectivity index (χ4v) is 8.25. The van der Waals surface area contributed by atoms with Gasteiger partial charge in [0, 0.05) is 48.7 Å². The Labute approximate surface area is 254 Å². The van der Waals surface area contributed by atoms with Crippen LogP contribution in [0.2, 0.25) is 0 Å². The average Bonchev–Trinajstić information content (AvgIpc) is 3.54. The molecule has 0 spiro atoms. The molecule has 7 rings (SSSR count). The first kappa shape index (κ1) is 28.2. The molecule has 0 bridgehead atoms. The number of likely N-dealkylation sites (tertiary alicyclic amines) is 1. The van der Waals surface area contributed by atoms with Gasteiger partial charge in [-0.15, -0.1) is 0 Å². The van der Waals surface area contributed by atoms with Crippen molar-refractivity contribution in [3.63, 3.8) is 0 Å². The standard InChI is InChI=1S/C37H43N3O3/c1-38(23-25-9-5-3-6-10-25)19-20-39-18-17-28-24-40-33-21-27(37(41)42)13-15-31(33)34(26-11-7-4-8-12-26)36(40)30-16-14-29(43-2)22-32(30)35(28)39/h3,5-6,9-10,13-16,21-22,26,28,35H,4,7-8,11-12,17-20,23-24H2,1-2H3,(H,41,42)/t28-,35+/m1/s1. The van der Waals surface area contributed by atoms with Gasteiger partial charge >= 0.3 is 5.97 Å². The molecular weight excluding hydrogens is 534 g/mol. The third kappa shape index (κ3) is 5.25. The molecule has 1 aliphatic carbocycles. The van der Waals surface area contributed by atoms with Gasteiger partial charge in [0.25, 0.3) is 0 Å². The van der Waals surface area contributed by atoms with Crippen LogP contribution in [0.3, 0.4) is 0 Å².